The van der Waals surface area contributed by atoms with Crippen LogP contribution in [0, 0.1) is 0 Å². The number of esters is 2. The molecule has 6 nitrogen and oxygen atoms in total. The number of benzene rings is 1. The first-order chi connectivity index (χ1) is 15.1. The van der Waals surface area contributed by atoms with Gasteiger partial charge >= 0.3 is 18.1 Å². The minimum Gasteiger partial charge on any atom is -0.466 e. The molecule has 0 amide bonds. The predicted octanol–water partition coefficient (Wildman–Crippen LogP) is 4.25. The Bertz CT molecular complexity index is 1090. The fourth-order valence-corrected chi connectivity index (χ4v) is 3.66. The number of nitrogens with zero attached hydrogens (tertiary/aromatic N) is 1. The minimum absolute atomic E-state index is 0.0976. The van der Waals surface area contributed by atoms with Crippen LogP contribution in [0.1, 0.15) is 36.6 Å². The Morgan fingerprint density at radius 3 is 2.22 bits per heavy atom. The number of halogens is 3. The Balaban J connectivity index is 2.11. The highest BCUT2D eigenvalue weighted by atomic mass is 19.4. The van der Waals surface area contributed by atoms with Gasteiger partial charge in [0.25, 0.3) is 0 Å². The van der Waals surface area contributed by atoms with Gasteiger partial charge in [-0.3, -0.25) is 4.98 Å². The molecule has 2 aromatic rings. The maximum Gasteiger partial charge on any atom is 0.416 e. The Hall–Kier alpha value is -3.62. The first-order valence-electron chi connectivity index (χ1n) is 9.65. The van der Waals surface area contributed by atoms with Gasteiger partial charge in [0.1, 0.15) is 6.61 Å². The van der Waals surface area contributed by atoms with E-state index in [1.54, 1.807) is 18.2 Å². The molecule has 0 radical (unpaired) electrons. The number of alkyl halides is 3. The lowest BCUT2D eigenvalue weighted by atomic mass is 9.78. The summed E-state index contributed by atoms with van der Waals surface area (Å²) in [6.45, 7) is 2.90. The fourth-order valence-electron chi connectivity index (χ4n) is 3.66. The SMILES string of the molecule is COC(=O)C1=C(C)NC(C)=C(C(=O)OCc2ccccn2)C1c1ccccc1C(F)(F)F. The molecule has 0 fully saturated rings. The third-order valence-corrected chi connectivity index (χ3v) is 5.04. The second-order valence-electron chi connectivity index (χ2n) is 7.11. The van der Waals surface area contributed by atoms with Crippen LogP contribution in [0.3, 0.4) is 0 Å². The van der Waals surface area contributed by atoms with E-state index in [1.807, 2.05) is 0 Å². The maximum absolute atomic E-state index is 13.8. The van der Waals surface area contributed by atoms with Gasteiger partial charge in [-0.15, -0.1) is 0 Å². The summed E-state index contributed by atoms with van der Waals surface area (Å²) in [6, 6.07) is 9.88. The van der Waals surface area contributed by atoms with Crippen molar-refractivity contribution in [3.63, 3.8) is 0 Å². The summed E-state index contributed by atoms with van der Waals surface area (Å²) in [5, 5.41) is 2.89. The van der Waals surface area contributed by atoms with Crippen LogP contribution in [0.25, 0.3) is 0 Å². The van der Waals surface area contributed by atoms with Gasteiger partial charge < -0.3 is 14.8 Å². The van der Waals surface area contributed by atoms with Crippen LogP contribution in [0.15, 0.2) is 71.2 Å². The van der Waals surface area contributed by atoms with Crippen LogP contribution in [0.2, 0.25) is 0 Å². The molecule has 32 heavy (non-hydrogen) atoms. The lowest BCUT2D eigenvalue weighted by Crippen LogP contribution is -2.33. The van der Waals surface area contributed by atoms with Crippen LogP contribution >= 0.6 is 0 Å². The normalized spacial score (nSPS) is 16.5. The van der Waals surface area contributed by atoms with Gasteiger partial charge in [0.05, 0.1) is 35.4 Å². The van der Waals surface area contributed by atoms with E-state index in [-0.39, 0.29) is 34.7 Å². The van der Waals surface area contributed by atoms with Crippen molar-refractivity contribution < 1.29 is 32.2 Å². The summed E-state index contributed by atoms with van der Waals surface area (Å²) < 4.78 is 51.6. The molecule has 1 aromatic carbocycles. The Labute approximate surface area is 182 Å². The fraction of sp³-hybridized carbons (Fsp3) is 0.261. The van der Waals surface area contributed by atoms with Crippen molar-refractivity contribution in [3.8, 4) is 0 Å². The number of carbonyl (C=O) groups is 2. The van der Waals surface area contributed by atoms with E-state index in [4.69, 9.17) is 9.47 Å². The molecular formula is C23H21F3N2O4. The molecule has 0 saturated carbocycles. The van der Waals surface area contributed by atoms with Crippen molar-refractivity contribution in [1.29, 1.82) is 0 Å². The number of carbonyl (C=O) groups excluding carboxylic acids is 2. The number of hydrogen-bond donors (Lipinski definition) is 1. The van der Waals surface area contributed by atoms with E-state index in [0.717, 1.165) is 13.2 Å². The summed E-state index contributed by atoms with van der Waals surface area (Å²) in [5.41, 5.74) is -0.367. The third kappa shape index (κ3) is 4.66. The number of nitrogens with one attached hydrogen (secondary N) is 1. The zero-order chi connectivity index (χ0) is 23.5. The summed E-state index contributed by atoms with van der Waals surface area (Å²) in [4.78, 5) is 29.7. The first kappa shape index (κ1) is 23.1. The smallest absolute Gasteiger partial charge is 0.416 e. The van der Waals surface area contributed by atoms with Crippen LogP contribution in [-0.4, -0.2) is 24.0 Å². The largest absolute Gasteiger partial charge is 0.466 e. The van der Waals surface area contributed by atoms with E-state index >= 15 is 0 Å². The summed E-state index contributed by atoms with van der Waals surface area (Å²) in [7, 11) is 1.12. The number of ether oxygens (including phenoxy) is 2. The van der Waals surface area contributed by atoms with Gasteiger partial charge in [-0.2, -0.15) is 13.2 Å². The number of methoxy groups -OCH3 is 1. The van der Waals surface area contributed by atoms with Crippen LogP contribution < -0.4 is 5.32 Å². The lowest BCUT2D eigenvalue weighted by Gasteiger charge is -2.31. The minimum atomic E-state index is -4.70. The van der Waals surface area contributed by atoms with E-state index in [1.165, 1.54) is 38.2 Å². The molecule has 1 aromatic heterocycles. The molecule has 1 aliphatic heterocycles. The number of rotatable bonds is 5. The predicted molar refractivity (Wildman–Crippen MR) is 109 cm³/mol. The van der Waals surface area contributed by atoms with Gasteiger partial charge in [0.15, 0.2) is 0 Å². The van der Waals surface area contributed by atoms with Gasteiger partial charge in [0.2, 0.25) is 0 Å². The number of aromatic nitrogens is 1. The zero-order valence-corrected chi connectivity index (χ0v) is 17.6. The van der Waals surface area contributed by atoms with E-state index in [0.29, 0.717) is 5.69 Å². The topological polar surface area (TPSA) is 77.5 Å². The van der Waals surface area contributed by atoms with Crippen molar-refractivity contribution >= 4 is 11.9 Å². The van der Waals surface area contributed by atoms with E-state index in [2.05, 4.69) is 10.3 Å². The van der Waals surface area contributed by atoms with Gasteiger partial charge in [-0.25, -0.2) is 9.59 Å². The highest BCUT2D eigenvalue weighted by molar-refractivity contribution is 6.00. The molecular weight excluding hydrogens is 425 g/mol. The van der Waals surface area contributed by atoms with Crippen LogP contribution in [-0.2, 0) is 31.8 Å². The second-order valence-corrected chi connectivity index (χ2v) is 7.11. The molecule has 0 aliphatic carbocycles. The highest BCUT2D eigenvalue weighted by Gasteiger charge is 2.43. The van der Waals surface area contributed by atoms with Crippen molar-refractivity contribution in [2.24, 2.45) is 0 Å². The molecule has 1 aliphatic rings. The molecule has 1 unspecified atom stereocenters. The number of dihydropyridines is 1. The molecule has 9 heteroatoms. The number of pyridine rings is 1. The van der Waals surface area contributed by atoms with E-state index < -0.39 is 29.6 Å². The Morgan fingerprint density at radius 1 is 1.00 bits per heavy atom. The average molecular weight is 446 g/mol. The second kappa shape index (κ2) is 9.25. The van der Waals surface area contributed by atoms with Crippen molar-refractivity contribution in [3.05, 3.63) is 88.0 Å². The number of allylic oxidation sites excluding steroid dienone is 2. The molecule has 168 valence electrons. The Kier molecular flexibility index (Phi) is 6.67. The van der Waals surface area contributed by atoms with Crippen molar-refractivity contribution in [2.45, 2.75) is 32.5 Å². The van der Waals surface area contributed by atoms with Gasteiger partial charge in [-0.05, 0) is 37.6 Å². The molecule has 1 N–H and O–H groups in total. The van der Waals surface area contributed by atoms with Gasteiger partial charge in [0, 0.05) is 17.6 Å². The molecule has 3 rings (SSSR count). The van der Waals surface area contributed by atoms with Crippen molar-refractivity contribution in [1.82, 2.24) is 10.3 Å². The first-order valence-corrected chi connectivity index (χ1v) is 9.65. The lowest BCUT2D eigenvalue weighted by molar-refractivity contribution is -0.142. The van der Waals surface area contributed by atoms with Crippen LogP contribution in [0.5, 0.6) is 0 Å². The monoisotopic (exact) mass is 446 g/mol. The highest BCUT2D eigenvalue weighted by Crippen LogP contribution is 2.44. The molecule has 0 saturated heterocycles. The molecule has 1 atom stereocenters. The standard InChI is InChI=1S/C23H21F3N2O4/c1-13-18(21(29)31-3)20(16-9-4-5-10-17(16)23(24,25)26)19(14(2)28-13)22(30)32-12-15-8-6-7-11-27-15/h4-11,20,28H,12H2,1-3H3. The van der Waals surface area contributed by atoms with E-state index in [9.17, 15) is 22.8 Å². The number of hydrogen-bond acceptors (Lipinski definition) is 6. The van der Waals surface area contributed by atoms with Crippen LogP contribution in [0.4, 0.5) is 13.2 Å². The zero-order valence-electron chi connectivity index (χ0n) is 17.6. The van der Waals surface area contributed by atoms with Crippen molar-refractivity contribution in [2.75, 3.05) is 7.11 Å². The summed E-state index contributed by atoms with van der Waals surface area (Å²) >= 11 is 0. The quantitative estimate of drug-likeness (QED) is 0.692. The Morgan fingerprint density at radius 2 is 1.62 bits per heavy atom. The third-order valence-electron chi connectivity index (χ3n) is 5.04. The molecule has 0 spiro atoms. The molecule has 0 bridgehead atoms. The molecule has 2 heterocycles. The average Bonchev–Trinajstić information content (AvgIpc) is 2.76. The van der Waals surface area contributed by atoms with Gasteiger partial charge in [-0.1, -0.05) is 24.3 Å². The summed E-state index contributed by atoms with van der Waals surface area (Å²) in [5.74, 6) is -3.05. The maximum atomic E-state index is 13.8. The summed E-state index contributed by atoms with van der Waals surface area (Å²) in [6.07, 6.45) is -3.17.